The number of aryl methyl sites for hydroxylation is 1. The predicted octanol–water partition coefficient (Wildman–Crippen LogP) is 5.30. The molecule has 0 aliphatic carbocycles. The molecular formula is C13H21Br. The lowest BCUT2D eigenvalue weighted by atomic mass is 9.95. The number of hydrogen-bond donors (Lipinski definition) is 0. The van der Waals surface area contributed by atoms with Crippen molar-refractivity contribution in [2.75, 3.05) is 0 Å². The van der Waals surface area contributed by atoms with Gasteiger partial charge in [-0.2, -0.15) is 0 Å². The Labute approximate surface area is 96.9 Å². The van der Waals surface area contributed by atoms with Gasteiger partial charge in [-0.05, 0) is 42.5 Å². The summed E-state index contributed by atoms with van der Waals surface area (Å²) in [6.07, 6.45) is 1.21. The summed E-state index contributed by atoms with van der Waals surface area (Å²) in [6.45, 7) is 10.7. The normalized spacial score (nSPS) is 11.6. The van der Waals surface area contributed by atoms with Crippen LogP contribution in [0.5, 0.6) is 0 Å². The average Bonchev–Trinajstić information content (AvgIpc) is 2.20. The third-order valence-electron chi connectivity index (χ3n) is 2.38. The van der Waals surface area contributed by atoms with Gasteiger partial charge in [-0.3, -0.25) is 0 Å². The minimum Gasteiger partial charge on any atom is -0.0683 e. The maximum atomic E-state index is 3.47. The molecular weight excluding hydrogens is 236 g/mol. The Balaban J connectivity index is 0.000000791. The fourth-order valence-electron chi connectivity index (χ4n) is 1.41. The van der Waals surface area contributed by atoms with Crippen LogP contribution in [0.2, 0.25) is 0 Å². The highest BCUT2D eigenvalue weighted by molar-refractivity contribution is 9.10. The summed E-state index contributed by atoms with van der Waals surface area (Å²) in [5.41, 5.74) is 2.86. The Morgan fingerprint density at radius 1 is 1.29 bits per heavy atom. The van der Waals surface area contributed by atoms with Gasteiger partial charge in [-0.25, -0.2) is 0 Å². The predicted molar refractivity (Wildman–Crippen MR) is 68.9 cm³/mol. The van der Waals surface area contributed by atoms with E-state index < -0.39 is 0 Å². The molecule has 0 nitrogen and oxygen atoms in total. The Morgan fingerprint density at radius 2 is 1.86 bits per heavy atom. The first-order chi connectivity index (χ1) is 6.65. The maximum Gasteiger partial charge on any atom is 0.0178 e. The molecule has 0 aromatic heterocycles. The summed E-state index contributed by atoms with van der Waals surface area (Å²) in [5.74, 6) is 0.679. The molecule has 14 heavy (non-hydrogen) atoms. The molecule has 0 aliphatic heterocycles. The zero-order valence-corrected chi connectivity index (χ0v) is 11.5. The summed E-state index contributed by atoms with van der Waals surface area (Å²) in [6, 6.07) is 6.52. The first kappa shape index (κ1) is 13.7. The molecule has 0 spiro atoms. The van der Waals surface area contributed by atoms with Gasteiger partial charge in [-0.15, -0.1) is 0 Å². The van der Waals surface area contributed by atoms with Gasteiger partial charge in [-0.1, -0.05) is 49.7 Å². The van der Waals surface area contributed by atoms with E-state index in [4.69, 9.17) is 0 Å². The van der Waals surface area contributed by atoms with E-state index in [1.807, 2.05) is 13.8 Å². The van der Waals surface area contributed by atoms with Crippen molar-refractivity contribution >= 4 is 15.9 Å². The summed E-state index contributed by atoms with van der Waals surface area (Å²) >= 11 is 3.47. The van der Waals surface area contributed by atoms with Crippen LogP contribution < -0.4 is 0 Å². The third kappa shape index (κ3) is 3.83. The van der Waals surface area contributed by atoms with Crippen molar-refractivity contribution in [3.63, 3.8) is 0 Å². The van der Waals surface area contributed by atoms with Crippen molar-refractivity contribution < 1.29 is 0 Å². The highest BCUT2D eigenvalue weighted by Gasteiger charge is 2.05. The minimum atomic E-state index is 0.679. The van der Waals surface area contributed by atoms with E-state index in [0.717, 1.165) is 0 Å². The van der Waals surface area contributed by atoms with Crippen LogP contribution in [-0.2, 0) is 0 Å². The fraction of sp³-hybridized carbons (Fsp3) is 0.538. The molecule has 0 N–H and O–H groups in total. The second-order valence-electron chi connectivity index (χ2n) is 3.31. The van der Waals surface area contributed by atoms with E-state index in [2.05, 4.69) is 54.9 Å². The van der Waals surface area contributed by atoms with Crippen molar-refractivity contribution in [2.24, 2.45) is 0 Å². The van der Waals surface area contributed by atoms with Gasteiger partial charge >= 0.3 is 0 Å². The van der Waals surface area contributed by atoms with Crippen LogP contribution in [0, 0.1) is 6.92 Å². The van der Waals surface area contributed by atoms with E-state index in [-0.39, 0.29) is 0 Å². The van der Waals surface area contributed by atoms with Gasteiger partial charge in [0.2, 0.25) is 0 Å². The Morgan fingerprint density at radius 3 is 2.29 bits per heavy atom. The maximum absolute atomic E-state index is 3.47. The average molecular weight is 257 g/mol. The van der Waals surface area contributed by atoms with Crippen LogP contribution in [-0.4, -0.2) is 0 Å². The molecule has 0 saturated carbocycles. The zero-order chi connectivity index (χ0) is 11.1. The molecule has 80 valence electrons. The third-order valence-corrected chi connectivity index (χ3v) is 2.87. The highest BCUT2D eigenvalue weighted by Crippen LogP contribution is 2.24. The Kier molecular flexibility index (Phi) is 6.90. The topological polar surface area (TPSA) is 0 Å². The minimum absolute atomic E-state index is 0.679. The van der Waals surface area contributed by atoms with Crippen LogP contribution in [0.4, 0.5) is 0 Å². The SMILES string of the molecule is CC.CC[C@H](C)c1ccc(Br)cc1C. The van der Waals surface area contributed by atoms with E-state index in [1.165, 1.54) is 22.0 Å². The summed E-state index contributed by atoms with van der Waals surface area (Å²) < 4.78 is 1.17. The van der Waals surface area contributed by atoms with Gasteiger partial charge in [0.15, 0.2) is 0 Å². The van der Waals surface area contributed by atoms with Crippen molar-refractivity contribution in [1.29, 1.82) is 0 Å². The molecule has 0 amide bonds. The van der Waals surface area contributed by atoms with Crippen molar-refractivity contribution in [3.8, 4) is 0 Å². The summed E-state index contributed by atoms with van der Waals surface area (Å²) in [4.78, 5) is 0. The second-order valence-corrected chi connectivity index (χ2v) is 4.23. The van der Waals surface area contributed by atoms with Crippen LogP contribution in [0.1, 0.15) is 51.2 Å². The van der Waals surface area contributed by atoms with E-state index >= 15 is 0 Å². The van der Waals surface area contributed by atoms with Crippen LogP contribution in [0.25, 0.3) is 0 Å². The number of rotatable bonds is 2. The molecule has 0 heterocycles. The van der Waals surface area contributed by atoms with Crippen molar-refractivity contribution in [2.45, 2.75) is 47.0 Å². The molecule has 1 heteroatoms. The number of hydrogen-bond acceptors (Lipinski definition) is 0. The quantitative estimate of drug-likeness (QED) is 0.674. The van der Waals surface area contributed by atoms with Gasteiger partial charge in [0.25, 0.3) is 0 Å². The highest BCUT2D eigenvalue weighted by atomic mass is 79.9. The molecule has 1 aromatic carbocycles. The lowest BCUT2D eigenvalue weighted by Crippen LogP contribution is -1.94. The molecule has 0 fully saturated rings. The smallest absolute Gasteiger partial charge is 0.0178 e. The van der Waals surface area contributed by atoms with Crippen LogP contribution in [0.15, 0.2) is 22.7 Å². The second kappa shape index (κ2) is 7.05. The molecule has 1 rings (SSSR count). The van der Waals surface area contributed by atoms with Gasteiger partial charge in [0, 0.05) is 4.47 Å². The lowest BCUT2D eigenvalue weighted by molar-refractivity contribution is 0.728. The largest absolute Gasteiger partial charge is 0.0683 e. The molecule has 0 radical (unpaired) electrons. The Bertz CT molecular complexity index is 266. The zero-order valence-electron chi connectivity index (χ0n) is 9.89. The molecule has 0 bridgehead atoms. The van der Waals surface area contributed by atoms with Crippen molar-refractivity contribution in [3.05, 3.63) is 33.8 Å². The molecule has 0 aliphatic rings. The van der Waals surface area contributed by atoms with Crippen LogP contribution in [0.3, 0.4) is 0 Å². The fourth-order valence-corrected chi connectivity index (χ4v) is 1.89. The summed E-state index contributed by atoms with van der Waals surface area (Å²) in [7, 11) is 0. The van der Waals surface area contributed by atoms with E-state index in [9.17, 15) is 0 Å². The lowest BCUT2D eigenvalue weighted by Gasteiger charge is -2.12. The van der Waals surface area contributed by atoms with Crippen LogP contribution >= 0.6 is 15.9 Å². The van der Waals surface area contributed by atoms with E-state index in [0.29, 0.717) is 5.92 Å². The van der Waals surface area contributed by atoms with E-state index in [1.54, 1.807) is 0 Å². The molecule has 1 atom stereocenters. The summed E-state index contributed by atoms with van der Waals surface area (Å²) in [5, 5.41) is 0. The number of benzene rings is 1. The first-order valence-electron chi connectivity index (χ1n) is 5.41. The number of halogens is 1. The van der Waals surface area contributed by atoms with Gasteiger partial charge in [0.1, 0.15) is 0 Å². The molecule has 0 saturated heterocycles. The van der Waals surface area contributed by atoms with Crippen molar-refractivity contribution in [1.82, 2.24) is 0 Å². The first-order valence-corrected chi connectivity index (χ1v) is 6.20. The monoisotopic (exact) mass is 256 g/mol. The van der Waals surface area contributed by atoms with Gasteiger partial charge in [0.05, 0.1) is 0 Å². The van der Waals surface area contributed by atoms with Gasteiger partial charge < -0.3 is 0 Å². The Hall–Kier alpha value is -0.300. The molecule has 0 unspecified atom stereocenters. The molecule has 1 aromatic rings. The standard InChI is InChI=1S/C11H15Br.C2H6/c1-4-8(2)11-6-5-10(12)7-9(11)3;1-2/h5-8H,4H2,1-3H3;1-2H3/t8-;/m0./s1.